The highest BCUT2D eigenvalue weighted by Crippen LogP contribution is 2.39. The van der Waals surface area contributed by atoms with Crippen molar-refractivity contribution in [2.24, 2.45) is 0 Å². The predicted molar refractivity (Wildman–Crippen MR) is 100.0 cm³/mol. The van der Waals surface area contributed by atoms with Gasteiger partial charge in [0, 0.05) is 12.1 Å². The number of hydrogen-bond acceptors (Lipinski definition) is 3. The molecule has 1 amide bonds. The van der Waals surface area contributed by atoms with Crippen molar-refractivity contribution in [2.45, 2.75) is 33.1 Å². The zero-order chi connectivity index (χ0) is 17.8. The van der Waals surface area contributed by atoms with E-state index in [4.69, 9.17) is 9.47 Å². The standard InChI is InChI=1S/C21H25NO3/c1-4-13-25-17-8-5-7-16(14-17)21(23)22-12-6-9-18-15(2)10-11-19(24-3)20(18)22/h5,7-8,10-11,14H,4,6,9,12-13H2,1-3H3. The van der Waals surface area contributed by atoms with E-state index in [1.807, 2.05) is 35.2 Å². The molecule has 3 rings (SSSR count). The molecule has 132 valence electrons. The molecular formula is C21H25NO3. The lowest BCUT2D eigenvalue weighted by Gasteiger charge is -2.32. The lowest BCUT2D eigenvalue weighted by molar-refractivity contribution is 0.0984. The third-order valence-corrected chi connectivity index (χ3v) is 4.58. The highest BCUT2D eigenvalue weighted by atomic mass is 16.5. The number of methoxy groups -OCH3 is 1. The Labute approximate surface area is 149 Å². The summed E-state index contributed by atoms with van der Waals surface area (Å²) in [5.41, 5.74) is 3.97. The molecule has 1 aliphatic heterocycles. The molecule has 2 aromatic rings. The van der Waals surface area contributed by atoms with E-state index in [0.29, 0.717) is 18.7 Å². The Morgan fingerprint density at radius 2 is 2.08 bits per heavy atom. The number of fused-ring (bicyclic) bond motifs is 1. The highest BCUT2D eigenvalue weighted by molar-refractivity contribution is 6.08. The zero-order valence-electron chi connectivity index (χ0n) is 15.2. The van der Waals surface area contributed by atoms with Crippen molar-refractivity contribution in [3.8, 4) is 11.5 Å². The minimum Gasteiger partial charge on any atom is -0.495 e. The molecule has 0 fully saturated rings. The summed E-state index contributed by atoms with van der Waals surface area (Å²) < 4.78 is 11.2. The van der Waals surface area contributed by atoms with Gasteiger partial charge in [-0.2, -0.15) is 0 Å². The first kappa shape index (κ1) is 17.3. The molecule has 1 aliphatic rings. The molecule has 4 heteroatoms. The van der Waals surface area contributed by atoms with Gasteiger partial charge in [0.2, 0.25) is 0 Å². The van der Waals surface area contributed by atoms with Crippen molar-refractivity contribution in [1.82, 2.24) is 0 Å². The molecule has 0 N–H and O–H groups in total. The predicted octanol–water partition coefficient (Wildman–Crippen LogP) is 4.39. The van der Waals surface area contributed by atoms with E-state index in [1.54, 1.807) is 7.11 Å². The fourth-order valence-corrected chi connectivity index (χ4v) is 3.32. The van der Waals surface area contributed by atoms with Crippen LogP contribution >= 0.6 is 0 Å². The van der Waals surface area contributed by atoms with Gasteiger partial charge in [0.15, 0.2) is 0 Å². The smallest absolute Gasteiger partial charge is 0.258 e. The number of ether oxygens (including phenoxy) is 2. The minimum absolute atomic E-state index is 0.00759. The summed E-state index contributed by atoms with van der Waals surface area (Å²) >= 11 is 0. The second kappa shape index (κ2) is 7.60. The summed E-state index contributed by atoms with van der Waals surface area (Å²) in [7, 11) is 1.65. The molecular weight excluding hydrogens is 314 g/mol. The maximum atomic E-state index is 13.2. The van der Waals surface area contributed by atoms with Crippen LogP contribution in [0.5, 0.6) is 11.5 Å². The summed E-state index contributed by atoms with van der Waals surface area (Å²) in [6.45, 7) is 5.50. The van der Waals surface area contributed by atoms with Crippen LogP contribution in [0.1, 0.15) is 41.3 Å². The van der Waals surface area contributed by atoms with E-state index in [2.05, 4.69) is 19.9 Å². The Morgan fingerprint density at radius 1 is 1.24 bits per heavy atom. The molecule has 25 heavy (non-hydrogen) atoms. The van der Waals surface area contributed by atoms with Crippen molar-refractivity contribution >= 4 is 11.6 Å². The molecule has 4 nitrogen and oxygen atoms in total. The lowest BCUT2D eigenvalue weighted by atomic mass is 9.95. The van der Waals surface area contributed by atoms with Gasteiger partial charge in [0.1, 0.15) is 11.5 Å². The van der Waals surface area contributed by atoms with Gasteiger partial charge in [0.25, 0.3) is 5.91 Å². The van der Waals surface area contributed by atoms with Crippen LogP contribution in [-0.2, 0) is 6.42 Å². The fourth-order valence-electron chi connectivity index (χ4n) is 3.32. The minimum atomic E-state index is -0.00759. The normalized spacial score (nSPS) is 13.3. The van der Waals surface area contributed by atoms with Crippen molar-refractivity contribution in [2.75, 3.05) is 25.2 Å². The van der Waals surface area contributed by atoms with Gasteiger partial charge in [-0.25, -0.2) is 0 Å². The van der Waals surface area contributed by atoms with Crippen LogP contribution in [0.3, 0.4) is 0 Å². The van der Waals surface area contributed by atoms with Crippen LogP contribution in [0.2, 0.25) is 0 Å². The molecule has 0 aromatic heterocycles. The third kappa shape index (κ3) is 3.48. The average Bonchev–Trinajstić information content (AvgIpc) is 2.66. The number of nitrogens with zero attached hydrogens (tertiary/aromatic N) is 1. The van der Waals surface area contributed by atoms with Gasteiger partial charge in [-0.3, -0.25) is 4.79 Å². The largest absolute Gasteiger partial charge is 0.495 e. The topological polar surface area (TPSA) is 38.8 Å². The van der Waals surface area contributed by atoms with Gasteiger partial charge in [-0.1, -0.05) is 19.1 Å². The first-order valence-corrected chi connectivity index (χ1v) is 8.87. The van der Waals surface area contributed by atoms with E-state index in [0.717, 1.165) is 36.4 Å². The zero-order valence-corrected chi connectivity index (χ0v) is 15.2. The average molecular weight is 339 g/mol. The second-order valence-electron chi connectivity index (χ2n) is 6.35. The number of rotatable bonds is 5. The Hall–Kier alpha value is -2.49. The van der Waals surface area contributed by atoms with Gasteiger partial charge >= 0.3 is 0 Å². The van der Waals surface area contributed by atoms with Gasteiger partial charge in [0.05, 0.1) is 19.4 Å². The summed E-state index contributed by atoms with van der Waals surface area (Å²) in [4.78, 5) is 15.0. The van der Waals surface area contributed by atoms with Crippen LogP contribution in [0.4, 0.5) is 5.69 Å². The number of carbonyl (C=O) groups is 1. The van der Waals surface area contributed by atoms with E-state index < -0.39 is 0 Å². The van der Waals surface area contributed by atoms with Crippen molar-refractivity contribution in [3.63, 3.8) is 0 Å². The number of carbonyl (C=O) groups excluding carboxylic acids is 1. The van der Waals surface area contributed by atoms with Gasteiger partial charge < -0.3 is 14.4 Å². The second-order valence-corrected chi connectivity index (χ2v) is 6.35. The van der Waals surface area contributed by atoms with Crippen LogP contribution < -0.4 is 14.4 Å². The summed E-state index contributed by atoms with van der Waals surface area (Å²) in [5.74, 6) is 1.49. The molecule has 0 radical (unpaired) electrons. The molecule has 0 unspecified atom stereocenters. The number of benzene rings is 2. The Balaban J connectivity index is 1.96. The molecule has 0 aliphatic carbocycles. The molecule has 0 saturated heterocycles. The molecule has 0 bridgehead atoms. The van der Waals surface area contributed by atoms with E-state index >= 15 is 0 Å². The molecule has 0 saturated carbocycles. The number of aryl methyl sites for hydroxylation is 1. The maximum absolute atomic E-state index is 13.2. The van der Waals surface area contributed by atoms with E-state index in [1.165, 1.54) is 11.1 Å². The maximum Gasteiger partial charge on any atom is 0.258 e. The van der Waals surface area contributed by atoms with Crippen LogP contribution in [0.25, 0.3) is 0 Å². The number of amides is 1. The highest BCUT2D eigenvalue weighted by Gasteiger charge is 2.28. The van der Waals surface area contributed by atoms with Crippen molar-refractivity contribution in [1.29, 1.82) is 0 Å². The summed E-state index contributed by atoms with van der Waals surface area (Å²) in [5, 5.41) is 0. The number of hydrogen-bond donors (Lipinski definition) is 0. The Kier molecular flexibility index (Phi) is 5.27. The Morgan fingerprint density at radius 3 is 2.84 bits per heavy atom. The first-order chi connectivity index (χ1) is 12.2. The summed E-state index contributed by atoms with van der Waals surface area (Å²) in [6.07, 6.45) is 2.87. The van der Waals surface area contributed by atoms with Gasteiger partial charge in [-0.15, -0.1) is 0 Å². The van der Waals surface area contributed by atoms with Crippen molar-refractivity contribution in [3.05, 3.63) is 53.1 Å². The van der Waals surface area contributed by atoms with Gasteiger partial charge in [-0.05, 0) is 61.6 Å². The molecule has 1 heterocycles. The Bertz CT molecular complexity index is 770. The molecule has 0 spiro atoms. The van der Waals surface area contributed by atoms with Crippen molar-refractivity contribution < 1.29 is 14.3 Å². The van der Waals surface area contributed by atoms with Crippen LogP contribution in [-0.4, -0.2) is 26.2 Å². The monoisotopic (exact) mass is 339 g/mol. The SMILES string of the molecule is CCCOc1cccc(C(=O)N2CCCc3c(C)ccc(OC)c32)c1. The molecule has 2 aromatic carbocycles. The third-order valence-electron chi connectivity index (χ3n) is 4.58. The lowest BCUT2D eigenvalue weighted by Crippen LogP contribution is -2.36. The first-order valence-electron chi connectivity index (χ1n) is 8.87. The van der Waals surface area contributed by atoms with Crippen LogP contribution in [0.15, 0.2) is 36.4 Å². The number of anilines is 1. The quantitative estimate of drug-likeness (QED) is 0.811. The van der Waals surface area contributed by atoms with E-state index in [9.17, 15) is 4.79 Å². The summed E-state index contributed by atoms with van der Waals surface area (Å²) in [6, 6.07) is 11.4. The van der Waals surface area contributed by atoms with E-state index in [-0.39, 0.29) is 5.91 Å². The molecule has 0 atom stereocenters. The fraction of sp³-hybridized carbons (Fsp3) is 0.381. The van der Waals surface area contributed by atoms with Crippen LogP contribution in [0, 0.1) is 6.92 Å².